The number of fused-ring (bicyclic) bond motifs is 1. The molecule has 0 unspecified atom stereocenters. The highest BCUT2D eigenvalue weighted by Crippen LogP contribution is 2.17. The van der Waals surface area contributed by atoms with Gasteiger partial charge < -0.3 is 4.57 Å². The number of rotatable bonds is 6. The first-order valence-corrected chi connectivity index (χ1v) is 8.52. The Morgan fingerprint density at radius 2 is 2.22 bits per heavy atom. The topological polar surface area (TPSA) is 55.6 Å². The van der Waals surface area contributed by atoms with E-state index in [-0.39, 0.29) is 8.07 Å². The highest BCUT2D eigenvalue weighted by Gasteiger charge is 2.10. The Bertz CT molecular complexity index is 508. The van der Waals surface area contributed by atoms with Crippen LogP contribution in [0.3, 0.4) is 0 Å². The van der Waals surface area contributed by atoms with Crippen molar-refractivity contribution in [2.45, 2.75) is 26.3 Å². The molecule has 5 nitrogen and oxygen atoms in total. The van der Waals surface area contributed by atoms with Crippen molar-refractivity contribution in [3.63, 3.8) is 0 Å². The van der Waals surface area contributed by atoms with Crippen molar-refractivity contribution in [1.82, 2.24) is 24.6 Å². The van der Waals surface area contributed by atoms with Crippen molar-refractivity contribution in [3.8, 4) is 0 Å². The maximum atomic E-state index is 4.62. The van der Waals surface area contributed by atoms with Gasteiger partial charge in [0, 0.05) is 19.5 Å². The third-order valence-electron chi connectivity index (χ3n) is 2.73. The SMILES string of the molecule is CCCc1nc2cncnc2n1CCNP(C)C. The van der Waals surface area contributed by atoms with Crippen molar-refractivity contribution >= 4 is 19.2 Å². The van der Waals surface area contributed by atoms with Crippen LogP contribution in [0.15, 0.2) is 12.5 Å². The van der Waals surface area contributed by atoms with Crippen molar-refractivity contribution in [2.24, 2.45) is 0 Å². The van der Waals surface area contributed by atoms with E-state index in [0.29, 0.717) is 0 Å². The van der Waals surface area contributed by atoms with Crippen LogP contribution in [0, 0.1) is 0 Å². The van der Waals surface area contributed by atoms with Gasteiger partial charge in [0.2, 0.25) is 0 Å². The lowest BCUT2D eigenvalue weighted by molar-refractivity contribution is 0.647. The number of aryl methyl sites for hydroxylation is 1. The van der Waals surface area contributed by atoms with Gasteiger partial charge in [0.15, 0.2) is 5.65 Å². The lowest BCUT2D eigenvalue weighted by atomic mass is 10.3. The fourth-order valence-electron chi connectivity index (χ4n) is 1.96. The zero-order valence-electron chi connectivity index (χ0n) is 11.2. The van der Waals surface area contributed by atoms with Crippen LogP contribution in [-0.4, -0.2) is 39.4 Å². The normalized spacial score (nSPS) is 11.6. The summed E-state index contributed by atoms with van der Waals surface area (Å²) >= 11 is 0. The molecule has 0 saturated carbocycles. The molecule has 2 heterocycles. The quantitative estimate of drug-likeness (QED) is 0.812. The second kappa shape index (κ2) is 6.21. The van der Waals surface area contributed by atoms with Crippen molar-refractivity contribution in [3.05, 3.63) is 18.3 Å². The summed E-state index contributed by atoms with van der Waals surface area (Å²) in [6, 6.07) is 0. The van der Waals surface area contributed by atoms with E-state index in [1.807, 2.05) is 0 Å². The molecular formula is C12H20N5P. The Morgan fingerprint density at radius 1 is 1.39 bits per heavy atom. The molecule has 0 atom stereocenters. The Kier molecular flexibility index (Phi) is 4.61. The van der Waals surface area contributed by atoms with Gasteiger partial charge in [0.1, 0.15) is 17.7 Å². The van der Waals surface area contributed by atoms with Gasteiger partial charge in [0.05, 0.1) is 6.20 Å². The van der Waals surface area contributed by atoms with Gasteiger partial charge in [-0.05, 0) is 27.8 Å². The van der Waals surface area contributed by atoms with Gasteiger partial charge in [-0.1, -0.05) is 6.92 Å². The van der Waals surface area contributed by atoms with Gasteiger partial charge in [-0.15, -0.1) is 0 Å². The largest absolute Gasteiger partial charge is 0.311 e. The van der Waals surface area contributed by atoms with E-state index in [4.69, 9.17) is 0 Å². The molecule has 6 heteroatoms. The van der Waals surface area contributed by atoms with Crippen molar-refractivity contribution < 1.29 is 0 Å². The minimum Gasteiger partial charge on any atom is -0.311 e. The fraction of sp³-hybridized carbons (Fsp3) is 0.583. The third kappa shape index (κ3) is 3.03. The summed E-state index contributed by atoms with van der Waals surface area (Å²) in [6.45, 7) is 8.49. The molecule has 0 aliphatic carbocycles. The number of nitrogens with zero attached hydrogens (tertiary/aromatic N) is 4. The Morgan fingerprint density at radius 3 is 2.94 bits per heavy atom. The first-order chi connectivity index (χ1) is 8.72. The van der Waals surface area contributed by atoms with Crippen molar-refractivity contribution in [1.29, 1.82) is 0 Å². The maximum Gasteiger partial charge on any atom is 0.163 e. The predicted octanol–water partition coefficient (Wildman–Crippen LogP) is 2.02. The molecular weight excluding hydrogens is 245 g/mol. The molecule has 0 aliphatic rings. The molecule has 0 bridgehead atoms. The summed E-state index contributed by atoms with van der Waals surface area (Å²) in [4.78, 5) is 13.0. The molecule has 0 saturated heterocycles. The Labute approximate surface area is 109 Å². The number of imidazole rings is 1. The van der Waals surface area contributed by atoms with Crippen LogP contribution in [0.5, 0.6) is 0 Å². The van der Waals surface area contributed by atoms with Gasteiger partial charge in [-0.2, -0.15) is 0 Å². The number of nitrogens with one attached hydrogen (secondary N) is 1. The van der Waals surface area contributed by atoms with Crippen molar-refractivity contribution in [2.75, 3.05) is 19.9 Å². The second-order valence-corrected chi connectivity index (χ2v) is 6.57. The van der Waals surface area contributed by atoms with E-state index in [0.717, 1.165) is 42.9 Å². The summed E-state index contributed by atoms with van der Waals surface area (Å²) in [5.74, 6) is 1.12. The van der Waals surface area contributed by atoms with E-state index in [9.17, 15) is 0 Å². The molecule has 0 fully saturated rings. The van der Waals surface area contributed by atoms with Crippen LogP contribution in [0.4, 0.5) is 0 Å². The molecule has 2 rings (SSSR count). The second-order valence-electron chi connectivity index (χ2n) is 4.46. The van der Waals surface area contributed by atoms with E-state index in [1.54, 1.807) is 12.5 Å². The highest BCUT2D eigenvalue weighted by atomic mass is 31.1. The average Bonchev–Trinajstić information content (AvgIpc) is 2.68. The third-order valence-corrected chi connectivity index (χ3v) is 3.58. The highest BCUT2D eigenvalue weighted by molar-refractivity contribution is 7.53. The molecule has 0 aromatic carbocycles. The van der Waals surface area contributed by atoms with Crippen LogP contribution in [-0.2, 0) is 13.0 Å². The minimum atomic E-state index is -0.0595. The number of hydrogen-bond donors (Lipinski definition) is 1. The van der Waals surface area contributed by atoms with Crippen LogP contribution >= 0.6 is 8.07 Å². The molecule has 0 amide bonds. The van der Waals surface area contributed by atoms with E-state index in [1.165, 1.54) is 0 Å². The van der Waals surface area contributed by atoms with E-state index >= 15 is 0 Å². The van der Waals surface area contributed by atoms with E-state index < -0.39 is 0 Å². The molecule has 0 radical (unpaired) electrons. The molecule has 2 aromatic heterocycles. The minimum absolute atomic E-state index is 0.0595. The van der Waals surface area contributed by atoms with Gasteiger partial charge >= 0.3 is 0 Å². The summed E-state index contributed by atoms with van der Waals surface area (Å²) in [5, 5.41) is 3.49. The Hall–Kier alpha value is -1.06. The summed E-state index contributed by atoms with van der Waals surface area (Å²) in [6.07, 6.45) is 5.47. The zero-order valence-corrected chi connectivity index (χ0v) is 12.1. The smallest absolute Gasteiger partial charge is 0.163 e. The first kappa shape index (κ1) is 13.4. The molecule has 18 heavy (non-hydrogen) atoms. The number of hydrogen-bond acceptors (Lipinski definition) is 4. The van der Waals surface area contributed by atoms with Crippen LogP contribution in [0.2, 0.25) is 0 Å². The van der Waals surface area contributed by atoms with E-state index in [2.05, 4.69) is 44.9 Å². The molecule has 98 valence electrons. The van der Waals surface area contributed by atoms with Crippen LogP contribution in [0.25, 0.3) is 11.2 Å². The zero-order chi connectivity index (χ0) is 13.0. The monoisotopic (exact) mass is 265 g/mol. The van der Waals surface area contributed by atoms with Crippen LogP contribution < -0.4 is 5.09 Å². The summed E-state index contributed by atoms with van der Waals surface area (Å²) in [5.41, 5.74) is 1.85. The van der Waals surface area contributed by atoms with Gasteiger partial charge in [0.25, 0.3) is 0 Å². The molecule has 1 N–H and O–H groups in total. The first-order valence-electron chi connectivity index (χ1n) is 6.28. The average molecular weight is 265 g/mol. The van der Waals surface area contributed by atoms with Crippen LogP contribution in [0.1, 0.15) is 19.2 Å². The molecule has 0 spiro atoms. The lowest BCUT2D eigenvalue weighted by Gasteiger charge is -2.11. The summed E-state index contributed by atoms with van der Waals surface area (Å²) < 4.78 is 2.21. The maximum absolute atomic E-state index is 4.62. The molecule has 0 aliphatic heterocycles. The standard InChI is InChI=1S/C12H20N5P/c1-4-5-11-16-10-8-13-9-14-12(10)17(11)7-6-15-18(2)3/h8-9,15H,4-7H2,1-3H3. The summed E-state index contributed by atoms with van der Waals surface area (Å²) in [7, 11) is -0.0595. The van der Waals surface area contributed by atoms with Gasteiger partial charge in [-0.3, -0.25) is 5.09 Å². The lowest BCUT2D eigenvalue weighted by Crippen LogP contribution is -2.16. The van der Waals surface area contributed by atoms with Gasteiger partial charge in [-0.25, -0.2) is 15.0 Å². The Balaban J connectivity index is 2.24. The number of aromatic nitrogens is 4. The fourth-order valence-corrected chi connectivity index (χ4v) is 2.51. The predicted molar refractivity (Wildman–Crippen MR) is 76.1 cm³/mol. The molecule has 2 aromatic rings.